The number of carbonyl (C=O) groups is 3. The van der Waals surface area contributed by atoms with Gasteiger partial charge in [-0.2, -0.15) is 0 Å². The lowest BCUT2D eigenvalue weighted by molar-refractivity contribution is -0.132. The SMILES string of the molecule is COc1cc(/C(O)=C2/C(=O)C(=O)N(c3ccc(C(=O)OC(C)C)cc3)C2c2ccc(O)cc2)ccc1Cl. The van der Waals surface area contributed by atoms with E-state index < -0.39 is 29.5 Å². The number of aliphatic hydroxyl groups excluding tert-OH is 1. The van der Waals surface area contributed by atoms with Gasteiger partial charge in [-0.15, -0.1) is 0 Å². The number of nitrogens with zero attached hydrogens (tertiary/aromatic N) is 1. The molecule has 1 aliphatic rings. The van der Waals surface area contributed by atoms with Crippen molar-refractivity contribution in [1.82, 2.24) is 0 Å². The Kier molecular flexibility index (Phi) is 7.22. The molecule has 1 aliphatic heterocycles. The minimum Gasteiger partial charge on any atom is -0.508 e. The Morgan fingerprint density at radius 3 is 2.19 bits per heavy atom. The standard InChI is InChI=1S/C28H24ClNO7/c1-15(2)37-28(35)17-4-9-19(10-5-17)30-24(16-6-11-20(31)12-7-16)23(26(33)27(30)34)25(32)18-8-13-21(29)22(14-18)36-3/h4-15,24,31-32H,1-3H3/b25-23-. The molecule has 1 amide bonds. The zero-order valence-electron chi connectivity index (χ0n) is 20.3. The van der Waals surface area contributed by atoms with Gasteiger partial charge in [-0.25, -0.2) is 4.79 Å². The molecule has 0 aliphatic carbocycles. The molecular weight excluding hydrogens is 498 g/mol. The highest BCUT2D eigenvalue weighted by atomic mass is 35.5. The van der Waals surface area contributed by atoms with Crippen molar-refractivity contribution < 1.29 is 34.1 Å². The molecule has 3 aromatic carbocycles. The predicted octanol–water partition coefficient (Wildman–Crippen LogP) is 5.25. The van der Waals surface area contributed by atoms with Gasteiger partial charge in [-0.3, -0.25) is 14.5 Å². The number of ketones is 1. The number of amides is 1. The minimum atomic E-state index is -1.02. The second kappa shape index (κ2) is 10.4. The van der Waals surface area contributed by atoms with Crippen LogP contribution in [0.2, 0.25) is 5.02 Å². The molecule has 1 saturated heterocycles. The van der Waals surface area contributed by atoms with E-state index in [1.165, 1.54) is 66.6 Å². The van der Waals surface area contributed by atoms with Crippen LogP contribution < -0.4 is 9.64 Å². The van der Waals surface area contributed by atoms with Crippen LogP contribution in [-0.4, -0.2) is 41.1 Å². The van der Waals surface area contributed by atoms with E-state index in [2.05, 4.69) is 0 Å². The Hall–Kier alpha value is -4.30. The molecule has 37 heavy (non-hydrogen) atoms. The van der Waals surface area contributed by atoms with Crippen LogP contribution in [0.1, 0.15) is 41.4 Å². The summed E-state index contributed by atoms with van der Waals surface area (Å²) in [5.41, 5.74) is 1.17. The van der Waals surface area contributed by atoms with Crippen LogP contribution in [-0.2, 0) is 14.3 Å². The summed E-state index contributed by atoms with van der Waals surface area (Å²) in [7, 11) is 1.42. The third-order valence-corrected chi connectivity index (χ3v) is 6.11. The first-order valence-corrected chi connectivity index (χ1v) is 11.7. The molecule has 0 spiro atoms. The number of hydrogen-bond donors (Lipinski definition) is 2. The maximum absolute atomic E-state index is 13.3. The molecule has 1 unspecified atom stereocenters. The van der Waals surface area contributed by atoms with Crippen molar-refractivity contribution in [1.29, 1.82) is 0 Å². The lowest BCUT2D eigenvalue weighted by atomic mass is 9.95. The first kappa shape index (κ1) is 25.8. The monoisotopic (exact) mass is 521 g/mol. The molecule has 1 atom stereocenters. The Labute approximate surface area is 218 Å². The molecule has 2 N–H and O–H groups in total. The molecule has 1 fully saturated rings. The molecule has 0 radical (unpaired) electrons. The number of methoxy groups -OCH3 is 1. The first-order chi connectivity index (χ1) is 17.6. The highest BCUT2D eigenvalue weighted by Gasteiger charge is 2.47. The zero-order chi connectivity index (χ0) is 26.9. The average Bonchev–Trinajstić information content (AvgIpc) is 3.14. The van der Waals surface area contributed by atoms with Gasteiger partial charge < -0.3 is 19.7 Å². The summed E-state index contributed by atoms with van der Waals surface area (Å²) in [5.74, 6) is -2.41. The quantitative estimate of drug-likeness (QED) is 0.197. The van der Waals surface area contributed by atoms with E-state index >= 15 is 0 Å². The molecular formula is C28H24ClNO7. The fourth-order valence-electron chi connectivity index (χ4n) is 4.07. The van der Waals surface area contributed by atoms with Crippen molar-refractivity contribution in [2.45, 2.75) is 26.0 Å². The summed E-state index contributed by atoms with van der Waals surface area (Å²) >= 11 is 6.11. The van der Waals surface area contributed by atoms with E-state index in [9.17, 15) is 24.6 Å². The number of aliphatic hydroxyl groups is 1. The van der Waals surface area contributed by atoms with Crippen molar-refractivity contribution in [2.24, 2.45) is 0 Å². The van der Waals surface area contributed by atoms with Crippen LogP contribution in [0, 0.1) is 0 Å². The van der Waals surface area contributed by atoms with E-state index in [1.807, 2.05) is 0 Å². The number of ether oxygens (including phenoxy) is 2. The number of esters is 1. The van der Waals surface area contributed by atoms with Gasteiger partial charge in [0.1, 0.15) is 17.3 Å². The van der Waals surface area contributed by atoms with Crippen LogP contribution in [0.5, 0.6) is 11.5 Å². The molecule has 190 valence electrons. The maximum Gasteiger partial charge on any atom is 0.338 e. The van der Waals surface area contributed by atoms with Crippen molar-refractivity contribution in [3.05, 3.63) is 94.0 Å². The smallest absolute Gasteiger partial charge is 0.338 e. The molecule has 8 nitrogen and oxygen atoms in total. The number of halogens is 1. The molecule has 0 aromatic heterocycles. The largest absolute Gasteiger partial charge is 0.508 e. The molecule has 0 bridgehead atoms. The fraction of sp³-hybridized carbons (Fsp3) is 0.179. The number of rotatable bonds is 6. The Balaban J connectivity index is 1.85. The normalized spacial score (nSPS) is 16.8. The lowest BCUT2D eigenvalue weighted by Crippen LogP contribution is -2.29. The van der Waals surface area contributed by atoms with Crippen LogP contribution >= 0.6 is 11.6 Å². The highest BCUT2D eigenvalue weighted by molar-refractivity contribution is 6.51. The van der Waals surface area contributed by atoms with E-state index in [-0.39, 0.29) is 34.3 Å². The van der Waals surface area contributed by atoms with E-state index in [1.54, 1.807) is 26.0 Å². The molecule has 4 rings (SSSR count). The summed E-state index contributed by atoms with van der Waals surface area (Å²) in [6.07, 6.45) is -0.300. The Morgan fingerprint density at radius 2 is 1.59 bits per heavy atom. The van der Waals surface area contributed by atoms with Gasteiger partial charge in [0, 0.05) is 11.3 Å². The number of carbonyl (C=O) groups excluding carboxylic acids is 3. The minimum absolute atomic E-state index is 0.00356. The van der Waals surface area contributed by atoms with Gasteiger partial charge in [0.2, 0.25) is 0 Å². The van der Waals surface area contributed by atoms with Crippen molar-refractivity contribution in [2.75, 3.05) is 12.0 Å². The molecule has 1 heterocycles. The molecule has 3 aromatic rings. The third-order valence-electron chi connectivity index (χ3n) is 5.80. The maximum atomic E-state index is 13.3. The van der Waals surface area contributed by atoms with Crippen molar-refractivity contribution >= 4 is 40.7 Å². The van der Waals surface area contributed by atoms with E-state index in [0.717, 1.165) is 0 Å². The average molecular weight is 522 g/mol. The molecule has 0 saturated carbocycles. The Morgan fingerprint density at radius 1 is 0.973 bits per heavy atom. The van der Waals surface area contributed by atoms with Gasteiger partial charge in [0.15, 0.2) is 0 Å². The van der Waals surface area contributed by atoms with Gasteiger partial charge in [-0.1, -0.05) is 23.7 Å². The summed E-state index contributed by atoms with van der Waals surface area (Å²) in [6, 6.07) is 15.5. The second-order valence-electron chi connectivity index (χ2n) is 8.61. The highest BCUT2D eigenvalue weighted by Crippen LogP contribution is 2.43. The number of phenolic OH excluding ortho intramolecular Hbond substituents is 1. The van der Waals surface area contributed by atoms with E-state index in [0.29, 0.717) is 16.3 Å². The fourth-order valence-corrected chi connectivity index (χ4v) is 4.27. The van der Waals surface area contributed by atoms with Gasteiger partial charge >= 0.3 is 5.97 Å². The number of benzene rings is 3. The zero-order valence-corrected chi connectivity index (χ0v) is 21.0. The van der Waals surface area contributed by atoms with Crippen molar-refractivity contribution in [3.63, 3.8) is 0 Å². The van der Waals surface area contributed by atoms with E-state index in [4.69, 9.17) is 21.1 Å². The summed E-state index contributed by atoms with van der Waals surface area (Å²) in [6.45, 7) is 3.47. The summed E-state index contributed by atoms with van der Waals surface area (Å²) < 4.78 is 10.4. The topological polar surface area (TPSA) is 113 Å². The molecule has 9 heteroatoms. The summed E-state index contributed by atoms with van der Waals surface area (Å²) in [4.78, 5) is 40.1. The Bertz CT molecular complexity index is 1400. The van der Waals surface area contributed by atoms with Crippen LogP contribution in [0.25, 0.3) is 5.76 Å². The number of anilines is 1. The van der Waals surface area contributed by atoms with Crippen LogP contribution in [0.4, 0.5) is 5.69 Å². The van der Waals surface area contributed by atoms with Gasteiger partial charge in [0.25, 0.3) is 11.7 Å². The second-order valence-corrected chi connectivity index (χ2v) is 9.02. The van der Waals surface area contributed by atoms with Gasteiger partial charge in [0.05, 0.1) is 35.4 Å². The number of Topliss-reactive ketones (excluding diaryl/α,β-unsaturated/α-hetero) is 1. The number of phenols is 1. The van der Waals surface area contributed by atoms with Gasteiger partial charge in [-0.05, 0) is 74.0 Å². The summed E-state index contributed by atoms with van der Waals surface area (Å²) in [5, 5.41) is 21.3. The van der Waals surface area contributed by atoms with Crippen LogP contribution in [0.15, 0.2) is 72.3 Å². The predicted molar refractivity (Wildman–Crippen MR) is 138 cm³/mol. The first-order valence-electron chi connectivity index (χ1n) is 11.4. The third kappa shape index (κ3) is 5.01. The van der Waals surface area contributed by atoms with Crippen LogP contribution in [0.3, 0.4) is 0 Å². The number of hydrogen-bond acceptors (Lipinski definition) is 7. The lowest BCUT2D eigenvalue weighted by Gasteiger charge is -2.25. The number of aromatic hydroxyl groups is 1. The van der Waals surface area contributed by atoms with Crippen molar-refractivity contribution in [3.8, 4) is 11.5 Å².